The average Bonchev–Trinajstić information content (AvgIpc) is 3.59. The number of rotatable bonds is 7. The summed E-state index contributed by atoms with van der Waals surface area (Å²) in [5, 5.41) is 6.14. The molecule has 7 heteroatoms. The molecule has 1 aliphatic carbocycles. The van der Waals surface area contributed by atoms with Crippen molar-refractivity contribution in [1.82, 2.24) is 20.5 Å². The summed E-state index contributed by atoms with van der Waals surface area (Å²) in [6.45, 7) is 3.50. The third-order valence-electron chi connectivity index (χ3n) is 8.38. The lowest BCUT2D eigenvalue weighted by molar-refractivity contribution is -0.139. The minimum Gasteiger partial charge on any atom is -0.343 e. The van der Waals surface area contributed by atoms with Crippen molar-refractivity contribution in [2.45, 2.75) is 76.4 Å². The monoisotopic (exact) mass is 489 g/mol. The number of para-hydroxylation sites is 1. The second kappa shape index (κ2) is 11.0. The topological polar surface area (TPSA) is 77.6 Å². The van der Waals surface area contributed by atoms with Gasteiger partial charge in [-0.05, 0) is 75.3 Å². The van der Waals surface area contributed by atoms with Crippen LogP contribution in [-0.2, 0) is 16.0 Å². The van der Waals surface area contributed by atoms with Crippen LogP contribution in [0.3, 0.4) is 0 Å². The van der Waals surface area contributed by atoms with Gasteiger partial charge < -0.3 is 20.4 Å². The van der Waals surface area contributed by atoms with Crippen LogP contribution < -0.4 is 15.5 Å². The number of amides is 2. The van der Waals surface area contributed by atoms with Crippen LogP contribution in [0.5, 0.6) is 0 Å². The van der Waals surface area contributed by atoms with Gasteiger partial charge in [0.25, 0.3) is 0 Å². The molecule has 2 aromatic rings. The highest BCUT2D eigenvalue weighted by atomic mass is 16.2. The first-order chi connectivity index (χ1) is 17.6. The molecule has 0 unspecified atom stereocenters. The van der Waals surface area contributed by atoms with Crippen LogP contribution in [0.25, 0.3) is 0 Å². The number of nitrogens with zero attached hydrogens (tertiary/aromatic N) is 3. The van der Waals surface area contributed by atoms with Crippen LogP contribution in [0.1, 0.15) is 69.0 Å². The van der Waals surface area contributed by atoms with Crippen molar-refractivity contribution in [2.24, 2.45) is 5.92 Å². The molecule has 3 heterocycles. The van der Waals surface area contributed by atoms with E-state index in [0.717, 1.165) is 69.3 Å². The number of pyridine rings is 1. The van der Waals surface area contributed by atoms with Crippen LogP contribution in [0.4, 0.5) is 11.4 Å². The summed E-state index contributed by atoms with van der Waals surface area (Å²) in [7, 11) is 1.77. The zero-order valence-corrected chi connectivity index (χ0v) is 21.6. The number of carbonyl (C=O) groups excluding carboxylic acids is 2. The highest BCUT2D eigenvalue weighted by molar-refractivity contribution is 5.90. The maximum Gasteiger partial charge on any atom is 0.245 e. The van der Waals surface area contributed by atoms with E-state index in [-0.39, 0.29) is 29.8 Å². The fourth-order valence-electron chi connectivity index (χ4n) is 6.20. The number of hydrogen-bond donors (Lipinski definition) is 2. The minimum atomic E-state index is -0.462. The van der Waals surface area contributed by atoms with Crippen LogP contribution in [-0.4, -0.2) is 53.9 Å². The van der Waals surface area contributed by atoms with E-state index in [2.05, 4.69) is 50.8 Å². The summed E-state index contributed by atoms with van der Waals surface area (Å²) < 4.78 is 0. The number of carbonyl (C=O) groups is 2. The van der Waals surface area contributed by atoms with Gasteiger partial charge in [-0.3, -0.25) is 14.6 Å². The Hall–Kier alpha value is -2.93. The van der Waals surface area contributed by atoms with E-state index in [4.69, 9.17) is 0 Å². The molecule has 1 saturated heterocycles. The Morgan fingerprint density at radius 2 is 1.83 bits per heavy atom. The summed E-state index contributed by atoms with van der Waals surface area (Å²) >= 11 is 0. The fourth-order valence-corrected chi connectivity index (χ4v) is 6.20. The zero-order valence-electron chi connectivity index (χ0n) is 21.6. The summed E-state index contributed by atoms with van der Waals surface area (Å²) in [4.78, 5) is 35.8. The molecule has 2 aliphatic heterocycles. The zero-order chi connectivity index (χ0) is 25.1. The number of nitrogens with one attached hydrogen (secondary N) is 2. The Bertz CT molecular complexity index is 1080. The quantitative estimate of drug-likeness (QED) is 0.612. The smallest absolute Gasteiger partial charge is 0.245 e. The molecule has 0 spiro atoms. The molecule has 192 valence electrons. The third kappa shape index (κ3) is 4.99. The summed E-state index contributed by atoms with van der Waals surface area (Å²) in [5.74, 6) is 0.164. The van der Waals surface area contributed by atoms with E-state index in [1.165, 1.54) is 17.7 Å². The Morgan fingerprint density at radius 3 is 2.64 bits per heavy atom. The van der Waals surface area contributed by atoms with Crippen molar-refractivity contribution in [3.8, 4) is 0 Å². The van der Waals surface area contributed by atoms with Gasteiger partial charge in [-0.2, -0.15) is 0 Å². The second-order valence-corrected chi connectivity index (χ2v) is 10.6. The molecule has 2 amide bonds. The highest BCUT2D eigenvalue weighted by Gasteiger charge is 2.39. The Balaban J connectivity index is 1.38. The van der Waals surface area contributed by atoms with Gasteiger partial charge in [-0.15, -0.1) is 0 Å². The van der Waals surface area contributed by atoms with Crippen LogP contribution >= 0.6 is 0 Å². The van der Waals surface area contributed by atoms with Crippen LogP contribution in [0.15, 0.2) is 42.7 Å². The molecule has 2 N–H and O–H groups in total. The number of aromatic nitrogens is 1. The Labute approximate surface area is 214 Å². The molecular formula is C29H39N5O2. The molecule has 3 atom stereocenters. The molecule has 5 rings (SSSR count). The maximum absolute atomic E-state index is 14.0. The lowest BCUT2D eigenvalue weighted by atomic mass is 9.83. The third-order valence-corrected chi connectivity index (χ3v) is 8.38. The first-order valence-corrected chi connectivity index (χ1v) is 13.7. The number of likely N-dealkylation sites (N-methyl/N-ethyl adjacent to an activating group) is 1. The van der Waals surface area contributed by atoms with Crippen molar-refractivity contribution in [3.05, 3.63) is 53.9 Å². The van der Waals surface area contributed by atoms with E-state index in [0.29, 0.717) is 0 Å². The van der Waals surface area contributed by atoms with Gasteiger partial charge in [-0.25, -0.2) is 0 Å². The molecular weight excluding hydrogens is 450 g/mol. The summed E-state index contributed by atoms with van der Waals surface area (Å²) in [6.07, 6.45) is 12.2. The van der Waals surface area contributed by atoms with E-state index in [1.54, 1.807) is 7.05 Å². The largest absolute Gasteiger partial charge is 0.343 e. The first-order valence-electron chi connectivity index (χ1n) is 13.7. The van der Waals surface area contributed by atoms with Gasteiger partial charge in [0.1, 0.15) is 6.04 Å². The first kappa shape index (κ1) is 24.8. The summed E-state index contributed by atoms with van der Waals surface area (Å²) in [5.41, 5.74) is 4.77. The van der Waals surface area contributed by atoms with E-state index >= 15 is 0 Å². The number of benzene rings is 1. The number of anilines is 2. The predicted molar refractivity (Wildman–Crippen MR) is 142 cm³/mol. The lowest BCUT2D eigenvalue weighted by Gasteiger charge is -2.35. The van der Waals surface area contributed by atoms with Gasteiger partial charge >= 0.3 is 0 Å². The van der Waals surface area contributed by atoms with Crippen LogP contribution in [0, 0.1) is 5.92 Å². The second-order valence-electron chi connectivity index (χ2n) is 10.6. The molecule has 1 aromatic carbocycles. The standard InChI is InChI=1S/C29H39N5O2/c1-20(30-2)28(35)32-27(22-10-4-3-5-11-22)29(36)34-15-8-13-26(34)23-17-24(19-31-18-23)33-16-14-21-9-6-7-12-25(21)33/h6-7,9,12,17-20,22,26-27,30H,3-5,8,10-11,13-16H2,1-2H3,(H,32,35)/t20-,26+,27+/m1/s1. The van der Waals surface area contributed by atoms with Crippen molar-refractivity contribution < 1.29 is 9.59 Å². The number of fused-ring (bicyclic) bond motifs is 1. The number of hydrogen-bond acceptors (Lipinski definition) is 5. The van der Waals surface area contributed by atoms with Crippen molar-refractivity contribution in [2.75, 3.05) is 25.0 Å². The SMILES string of the molecule is CN[C@H](C)C(=O)N[C@H](C(=O)N1CCC[C@H]1c1cncc(N2CCc3ccccc32)c1)C1CCCCC1. The van der Waals surface area contributed by atoms with Gasteiger partial charge in [0.05, 0.1) is 24.0 Å². The van der Waals surface area contributed by atoms with E-state index in [9.17, 15) is 9.59 Å². The molecule has 3 aliphatic rings. The molecule has 2 fully saturated rings. The van der Waals surface area contributed by atoms with Crippen molar-refractivity contribution >= 4 is 23.2 Å². The molecule has 0 bridgehead atoms. The molecule has 1 saturated carbocycles. The Morgan fingerprint density at radius 1 is 1.03 bits per heavy atom. The van der Waals surface area contributed by atoms with Crippen molar-refractivity contribution in [3.63, 3.8) is 0 Å². The lowest BCUT2D eigenvalue weighted by Crippen LogP contribution is -2.55. The van der Waals surface area contributed by atoms with Crippen molar-refractivity contribution in [1.29, 1.82) is 0 Å². The van der Waals surface area contributed by atoms with Gasteiger partial charge in [-0.1, -0.05) is 37.5 Å². The fraction of sp³-hybridized carbons (Fsp3) is 0.552. The maximum atomic E-state index is 14.0. The number of likely N-dealkylation sites (tertiary alicyclic amines) is 1. The van der Waals surface area contributed by atoms with E-state index < -0.39 is 6.04 Å². The molecule has 36 heavy (non-hydrogen) atoms. The molecule has 1 aromatic heterocycles. The molecule has 7 nitrogen and oxygen atoms in total. The highest BCUT2D eigenvalue weighted by Crippen LogP contribution is 2.38. The van der Waals surface area contributed by atoms with Gasteiger partial charge in [0, 0.05) is 25.0 Å². The Kier molecular flexibility index (Phi) is 7.56. The van der Waals surface area contributed by atoms with Gasteiger partial charge in [0.2, 0.25) is 11.8 Å². The summed E-state index contributed by atoms with van der Waals surface area (Å²) in [6, 6.07) is 9.95. The normalized spacial score (nSPS) is 21.8. The van der Waals surface area contributed by atoms with Crippen LogP contribution in [0.2, 0.25) is 0 Å². The average molecular weight is 490 g/mol. The van der Waals surface area contributed by atoms with Gasteiger partial charge in [0.15, 0.2) is 0 Å². The van der Waals surface area contributed by atoms with E-state index in [1.807, 2.05) is 24.2 Å². The minimum absolute atomic E-state index is 0.00693. The predicted octanol–water partition coefficient (Wildman–Crippen LogP) is 4.11. The molecule has 0 radical (unpaired) electrons.